The van der Waals surface area contributed by atoms with Crippen LogP contribution in [-0.4, -0.2) is 73.7 Å². The molecular formula is C42H41F3N6O3. The van der Waals surface area contributed by atoms with Crippen molar-refractivity contribution >= 4 is 39.5 Å². The minimum absolute atomic E-state index is 0.0649. The summed E-state index contributed by atoms with van der Waals surface area (Å²) >= 11 is 0. The molecule has 1 fully saturated rings. The van der Waals surface area contributed by atoms with Crippen LogP contribution < -0.4 is 5.32 Å². The molecule has 6 aromatic rings. The maximum absolute atomic E-state index is 13.8. The predicted molar refractivity (Wildman–Crippen MR) is 201 cm³/mol. The normalized spacial score (nSPS) is 15.3. The number of aromatic nitrogens is 4. The lowest BCUT2D eigenvalue weighted by Crippen LogP contribution is -2.44. The van der Waals surface area contributed by atoms with Crippen LogP contribution in [0.3, 0.4) is 0 Å². The molecule has 0 spiro atoms. The van der Waals surface area contributed by atoms with E-state index < -0.39 is 18.5 Å². The van der Waals surface area contributed by atoms with E-state index in [0.29, 0.717) is 43.6 Å². The molecule has 0 saturated carbocycles. The first kappa shape index (κ1) is 36.7. The lowest BCUT2D eigenvalue weighted by Gasteiger charge is -2.38. The zero-order chi connectivity index (χ0) is 37.8. The summed E-state index contributed by atoms with van der Waals surface area (Å²) in [5.74, 6) is -1.38. The van der Waals surface area contributed by atoms with Crippen molar-refractivity contribution in [3.05, 3.63) is 131 Å². The van der Waals surface area contributed by atoms with Crippen LogP contribution in [0.1, 0.15) is 81.2 Å². The highest BCUT2D eigenvalue weighted by molar-refractivity contribution is 6.15. The van der Waals surface area contributed by atoms with E-state index in [1.54, 1.807) is 42.5 Å². The van der Waals surface area contributed by atoms with Gasteiger partial charge in [-0.05, 0) is 80.7 Å². The molecule has 1 amide bonds. The topological polar surface area (TPSA) is 113 Å². The fraction of sp³-hybridized carbons (Fsp3) is 0.310. The van der Waals surface area contributed by atoms with Gasteiger partial charge in [0.05, 0.1) is 22.1 Å². The molecule has 278 valence electrons. The Morgan fingerprint density at radius 3 is 2.26 bits per heavy atom. The van der Waals surface area contributed by atoms with E-state index in [1.807, 2.05) is 36.4 Å². The third-order valence-electron chi connectivity index (χ3n) is 10.4. The minimum atomic E-state index is -4.58. The quantitative estimate of drug-likeness (QED) is 0.116. The number of ketones is 2. The monoisotopic (exact) mass is 734 g/mol. The molecule has 4 aromatic carbocycles. The van der Waals surface area contributed by atoms with Crippen LogP contribution in [0.25, 0.3) is 22.1 Å². The summed E-state index contributed by atoms with van der Waals surface area (Å²) in [7, 11) is 0. The summed E-state index contributed by atoms with van der Waals surface area (Å²) in [6, 6.07) is 30.7. The fourth-order valence-corrected chi connectivity index (χ4v) is 7.63. The van der Waals surface area contributed by atoms with Crippen molar-refractivity contribution in [2.24, 2.45) is 5.92 Å². The third kappa shape index (κ3) is 7.98. The van der Waals surface area contributed by atoms with Crippen molar-refractivity contribution in [2.75, 3.05) is 19.6 Å². The minimum Gasteiger partial charge on any atom is -0.351 e. The summed E-state index contributed by atoms with van der Waals surface area (Å²) in [5.41, 5.74) is 2.98. The lowest BCUT2D eigenvalue weighted by atomic mass is 9.87. The number of carbonyl (C=O) groups excluding carboxylic acids is 3. The summed E-state index contributed by atoms with van der Waals surface area (Å²) in [6.45, 7) is 2.72. The molecule has 2 atom stereocenters. The standard InChI is InChI=1S/C42H41F3N6O3/c1-2-31(24-30(27-12-5-3-6-13-27)25-46-41(54)29-14-7-4-8-15-29)50-22-20-28(21-23-50)37(52)39-47-34-18-11-16-32(36(34)49-39)38(53)40-48-33-17-9-10-19-35(33)51(40)26-42(43,44)45/h3-19,28,30-31H,2,20-26H2,1H3,(H,46,54)(H,47,49). The number of carbonyl (C=O) groups is 3. The molecule has 2 aromatic heterocycles. The second kappa shape index (κ2) is 15.8. The van der Waals surface area contributed by atoms with E-state index in [4.69, 9.17) is 0 Å². The van der Waals surface area contributed by atoms with Gasteiger partial charge in [0.15, 0.2) is 11.6 Å². The number of para-hydroxylation sites is 3. The average molecular weight is 735 g/mol. The number of benzene rings is 4. The number of hydrogen-bond donors (Lipinski definition) is 2. The number of aromatic amines is 1. The van der Waals surface area contributed by atoms with E-state index in [-0.39, 0.29) is 63.3 Å². The van der Waals surface area contributed by atoms with Gasteiger partial charge in [0.25, 0.3) is 5.91 Å². The fourth-order valence-electron chi connectivity index (χ4n) is 7.63. The average Bonchev–Trinajstić information content (AvgIpc) is 3.79. The zero-order valence-electron chi connectivity index (χ0n) is 29.9. The molecule has 3 heterocycles. The molecule has 2 unspecified atom stereocenters. The van der Waals surface area contributed by atoms with E-state index in [1.165, 1.54) is 12.1 Å². The molecular weight excluding hydrogens is 693 g/mol. The summed E-state index contributed by atoms with van der Waals surface area (Å²) < 4.78 is 41.7. The highest BCUT2D eigenvalue weighted by Crippen LogP contribution is 2.31. The Hall–Kier alpha value is -5.62. The number of rotatable bonds is 13. The van der Waals surface area contributed by atoms with Crippen LogP contribution in [0.2, 0.25) is 0 Å². The summed E-state index contributed by atoms with van der Waals surface area (Å²) in [4.78, 5) is 54.9. The number of fused-ring (bicyclic) bond motifs is 2. The number of imidazole rings is 2. The molecule has 1 saturated heterocycles. The van der Waals surface area contributed by atoms with Crippen molar-refractivity contribution in [3.8, 4) is 0 Å². The van der Waals surface area contributed by atoms with Gasteiger partial charge >= 0.3 is 6.18 Å². The number of halogens is 3. The van der Waals surface area contributed by atoms with Gasteiger partial charge in [-0.2, -0.15) is 13.2 Å². The lowest BCUT2D eigenvalue weighted by molar-refractivity contribution is -0.140. The number of likely N-dealkylation sites (tertiary alicyclic amines) is 1. The molecule has 7 rings (SSSR count). The van der Waals surface area contributed by atoms with Crippen molar-refractivity contribution in [3.63, 3.8) is 0 Å². The first-order valence-corrected chi connectivity index (χ1v) is 18.3. The van der Waals surface area contributed by atoms with E-state index in [9.17, 15) is 27.6 Å². The molecule has 0 aliphatic carbocycles. The van der Waals surface area contributed by atoms with Gasteiger partial charge < -0.3 is 19.8 Å². The number of nitrogens with zero attached hydrogens (tertiary/aromatic N) is 4. The second-order valence-corrected chi connectivity index (χ2v) is 13.9. The van der Waals surface area contributed by atoms with Gasteiger partial charge in [-0.15, -0.1) is 0 Å². The van der Waals surface area contributed by atoms with Crippen molar-refractivity contribution < 1.29 is 27.6 Å². The molecule has 9 nitrogen and oxygen atoms in total. The highest BCUT2D eigenvalue weighted by atomic mass is 19.4. The van der Waals surface area contributed by atoms with Gasteiger partial charge in [0, 0.05) is 30.0 Å². The van der Waals surface area contributed by atoms with Gasteiger partial charge in [-0.3, -0.25) is 14.4 Å². The Morgan fingerprint density at radius 1 is 0.870 bits per heavy atom. The molecule has 12 heteroatoms. The Balaban J connectivity index is 1.04. The number of amides is 1. The SMILES string of the molecule is CCC(CC(CNC(=O)c1ccccc1)c1ccccc1)N1CCC(C(=O)c2nc3c(C(=O)c4nc5ccccc5n4CC(F)(F)F)cccc3[nH]2)CC1. The van der Waals surface area contributed by atoms with E-state index in [2.05, 4.69) is 44.2 Å². The third-order valence-corrected chi connectivity index (χ3v) is 10.4. The Morgan fingerprint density at radius 2 is 1.56 bits per heavy atom. The van der Waals surface area contributed by atoms with Crippen LogP contribution >= 0.6 is 0 Å². The van der Waals surface area contributed by atoms with Crippen LogP contribution in [-0.2, 0) is 6.54 Å². The Labute approximate surface area is 310 Å². The number of alkyl halides is 3. The van der Waals surface area contributed by atoms with Gasteiger partial charge in [-0.1, -0.05) is 73.7 Å². The number of Topliss-reactive ketones (excluding diaryl/α,β-unsaturated/α-hetero) is 1. The molecule has 0 radical (unpaired) electrons. The molecule has 2 N–H and O–H groups in total. The smallest absolute Gasteiger partial charge is 0.351 e. The summed E-state index contributed by atoms with van der Waals surface area (Å²) in [5, 5.41) is 3.14. The largest absolute Gasteiger partial charge is 0.406 e. The van der Waals surface area contributed by atoms with Crippen LogP contribution in [0.4, 0.5) is 13.2 Å². The van der Waals surface area contributed by atoms with Crippen molar-refractivity contribution in [1.29, 1.82) is 0 Å². The van der Waals surface area contributed by atoms with Crippen LogP contribution in [0, 0.1) is 5.92 Å². The molecule has 1 aliphatic heterocycles. The maximum atomic E-state index is 13.8. The Bertz CT molecular complexity index is 2260. The Kier molecular flexibility index (Phi) is 10.7. The zero-order valence-corrected chi connectivity index (χ0v) is 29.9. The van der Waals surface area contributed by atoms with Crippen molar-refractivity contribution in [1.82, 2.24) is 29.7 Å². The number of piperidine rings is 1. The van der Waals surface area contributed by atoms with Gasteiger partial charge in [-0.25, -0.2) is 9.97 Å². The van der Waals surface area contributed by atoms with Crippen LogP contribution in [0.15, 0.2) is 103 Å². The van der Waals surface area contributed by atoms with Gasteiger partial charge in [0.1, 0.15) is 12.1 Å². The summed E-state index contributed by atoms with van der Waals surface area (Å²) in [6.07, 6.45) is -1.58. The van der Waals surface area contributed by atoms with E-state index in [0.717, 1.165) is 23.0 Å². The van der Waals surface area contributed by atoms with Crippen LogP contribution in [0.5, 0.6) is 0 Å². The second-order valence-electron chi connectivity index (χ2n) is 13.9. The maximum Gasteiger partial charge on any atom is 0.406 e. The van der Waals surface area contributed by atoms with Crippen molar-refractivity contribution in [2.45, 2.75) is 57.3 Å². The molecule has 0 bridgehead atoms. The number of H-pyrrole nitrogens is 1. The first-order valence-electron chi connectivity index (χ1n) is 18.3. The molecule has 54 heavy (non-hydrogen) atoms. The number of hydrogen-bond acceptors (Lipinski definition) is 6. The number of nitrogens with one attached hydrogen (secondary N) is 2. The predicted octanol–water partition coefficient (Wildman–Crippen LogP) is 7.98. The first-order chi connectivity index (χ1) is 26.1. The van der Waals surface area contributed by atoms with Gasteiger partial charge in [0.2, 0.25) is 11.6 Å². The van der Waals surface area contributed by atoms with E-state index >= 15 is 0 Å². The highest BCUT2D eigenvalue weighted by Gasteiger charge is 2.34. The molecule has 1 aliphatic rings.